The Labute approximate surface area is 216 Å². The minimum Gasteiger partial charge on any atom is -0.467 e. The van der Waals surface area contributed by atoms with E-state index in [1.807, 2.05) is 16.8 Å². The molecule has 1 aromatic carbocycles. The summed E-state index contributed by atoms with van der Waals surface area (Å²) >= 11 is 12.5. The van der Waals surface area contributed by atoms with E-state index in [9.17, 15) is 14.9 Å². The van der Waals surface area contributed by atoms with Crippen LogP contribution in [0.5, 0.6) is 0 Å². The topological polar surface area (TPSA) is 141 Å². The molecule has 0 bridgehead atoms. The van der Waals surface area contributed by atoms with Crippen molar-refractivity contribution in [3.05, 3.63) is 92.6 Å². The third kappa shape index (κ3) is 5.78. The number of benzene rings is 1. The number of nitrogens with one attached hydrogen (secondary N) is 2. The van der Waals surface area contributed by atoms with Crippen molar-refractivity contribution < 1.29 is 14.1 Å². The molecule has 1 amide bonds. The molecule has 0 saturated carbocycles. The van der Waals surface area contributed by atoms with Gasteiger partial charge in [-0.2, -0.15) is 0 Å². The van der Waals surface area contributed by atoms with Crippen LogP contribution < -0.4 is 16.4 Å². The number of hydrogen-bond donors (Lipinski definition) is 3. The average molecular weight is 529 g/mol. The summed E-state index contributed by atoms with van der Waals surface area (Å²) in [4.78, 5) is 27.6. The number of aryl methyl sites for hydroxylation is 1. The number of furan rings is 1. The predicted octanol–water partition coefficient (Wildman–Crippen LogP) is 5.37. The van der Waals surface area contributed by atoms with E-state index in [4.69, 9.17) is 33.4 Å². The molecule has 12 heteroatoms. The third-order valence-electron chi connectivity index (χ3n) is 5.38. The molecule has 0 spiro atoms. The number of carbonyl (C=O) groups is 1. The molecule has 3 aromatic heterocycles. The molecule has 36 heavy (non-hydrogen) atoms. The Balaban J connectivity index is 1.49. The molecule has 0 aliphatic heterocycles. The maximum absolute atomic E-state index is 13.2. The zero-order valence-corrected chi connectivity index (χ0v) is 20.4. The van der Waals surface area contributed by atoms with Crippen LogP contribution >= 0.6 is 23.2 Å². The summed E-state index contributed by atoms with van der Waals surface area (Å²) in [6.45, 7) is 1.23. The van der Waals surface area contributed by atoms with E-state index in [1.54, 1.807) is 36.6 Å². The summed E-state index contributed by atoms with van der Waals surface area (Å²) in [6, 6.07) is 13.3. The summed E-state index contributed by atoms with van der Waals surface area (Å²) < 4.78 is 7.16. The molecule has 4 rings (SSSR count). The van der Waals surface area contributed by atoms with Crippen LogP contribution in [0, 0.1) is 10.1 Å². The quantitative estimate of drug-likeness (QED) is 0.142. The van der Waals surface area contributed by atoms with E-state index in [-0.39, 0.29) is 24.0 Å². The molecular weight excluding hydrogens is 507 g/mol. The predicted molar refractivity (Wildman–Crippen MR) is 138 cm³/mol. The second kappa shape index (κ2) is 11.1. The Hall–Kier alpha value is -4.02. The summed E-state index contributed by atoms with van der Waals surface area (Å²) in [5.74, 6) is 0.618. The van der Waals surface area contributed by atoms with Crippen LogP contribution in [0.15, 0.2) is 65.4 Å². The minimum absolute atomic E-state index is 0.157. The molecule has 3 heterocycles. The molecule has 0 radical (unpaired) electrons. The number of nitrogens with zero attached hydrogens (tertiary/aromatic N) is 3. The molecule has 0 aliphatic rings. The van der Waals surface area contributed by atoms with Crippen LogP contribution in [0.3, 0.4) is 0 Å². The molecule has 0 fully saturated rings. The second-order valence-corrected chi connectivity index (χ2v) is 8.64. The van der Waals surface area contributed by atoms with Crippen molar-refractivity contribution in [3.8, 4) is 11.1 Å². The average Bonchev–Trinajstić information content (AvgIpc) is 3.50. The molecule has 0 atom stereocenters. The van der Waals surface area contributed by atoms with Gasteiger partial charge in [-0.1, -0.05) is 29.3 Å². The lowest BCUT2D eigenvalue weighted by molar-refractivity contribution is -0.384. The van der Waals surface area contributed by atoms with E-state index in [2.05, 4.69) is 15.6 Å². The number of pyridine rings is 1. The highest BCUT2D eigenvalue weighted by atomic mass is 35.5. The highest BCUT2D eigenvalue weighted by molar-refractivity contribution is 6.36. The summed E-state index contributed by atoms with van der Waals surface area (Å²) in [5, 5.41) is 17.8. The first-order valence-electron chi connectivity index (χ1n) is 10.9. The lowest BCUT2D eigenvalue weighted by Gasteiger charge is -2.13. The van der Waals surface area contributed by atoms with Crippen molar-refractivity contribution in [2.45, 2.75) is 19.5 Å². The lowest BCUT2D eigenvalue weighted by atomic mass is 10.1. The molecule has 186 valence electrons. The van der Waals surface area contributed by atoms with E-state index in [0.717, 1.165) is 0 Å². The van der Waals surface area contributed by atoms with Gasteiger partial charge in [0.2, 0.25) is 5.82 Å². The first-order valence-corrected chi connectivity index (χ1v) is 11.7. The Morgan fingerprint density at radius 2 is 2.00 bits per heavy atom. The fourth-order valence-electron chi connectivity index (χ4n) is 3.69. The van der Waals surface area contributed by atoms with Crippen LogP contribution in [0.4, 0.5) is 17.3 Å². The van der Waals surface area contributed by atoms with Gasteiger partial charge in [0, 0.05) is 46.5 Å². The van der Waals surface area contributed by atoms with Crippen molar-refractivity contribution >= 4 is 46.4 Å². The van der Waals surface area contributed by atoms with Gasteiger partial charge in [-0.25, -0.2) is 4.98 Å². The largest absolute Gasteiger partial charge is 0.467 e. The highest BCUT2D eigenvalue weighted by Crippen LogP contribution is 2.33. The molecule has 0 unspecified atom stereocenters. The maximum Gasteiger partial charge on any atom is 0.311 e. The van der Waals surface area contributed by atoms with Gasteiger partial charge in [0.15, 0.2) is 0 Å². The van der Waals surface area contributed by atoms with Gasteiger partial charge in [0.05, 0.1) is 17.7 Å². The Bertz CT molecular complexity index is 1390. The zero-order valence-electron chi connectivity index (χ0n) is 18.9. The highest BCUT2D eigenvalue weighted by Gasteiger charge is 2.20. The number of amides is 1. The summed E-state index contributed by atoms with van der Waals surface area (Å²) in [6.07, 6.45) is 3.99. The SMILES string of the molecule is Nc1nc(NCCCn2ccc(-c3ccc(Cl)cc3Cl)c2C(=O)NCc2ccco2)ccc1[N+](=O)[O-]. The van der Waals surface area contributed by atoms with Crippen molar-refractivity contribution in [3.63, 3.8) is 0 Å². The van der Waals surface area contributed by atoms with Gasteiger partial charge in [-0.15, -0.1) is 0 Å². The van der Waals surface area contributed by atoms with E-state index in [1.165, 1.54) is 12.1 Å². The fraction of sp³-hybridized carbons (Fsp3) is 0.167. The number of aromatic nitrogens is 2. The third-order valence-corrected chi connectivity index (χ3v) is 5.93. The number of hydrogen-bond acceptors (Lipinski definition) is 7. The molecule has 4 aromatic rings. The van der Waals surface area contributed by atoms with Crippen molar-refractivity contribution in [2.24, 2.45) is 0 Å². The van der Waals surface area contributed by atoms with Gasteiger partial charge in [-0.05, 0) is 42.8 Å². The first-order chi connectivity index (χ1) is 17.3. The molecular formula is C24H22Cl2N6O4. The molecule has 10 nitrogen and oxygen atoms in total. The Kier molecular flexibility index (Phi) is 7.77. The van der Waals surface area contributed by atoms with E-state index >= 15 is 0 Å². The van der Waals surface area contributed by atoms with Crippen LogP contribution in [0.1, 0.15) is 22.7 Å². The van der Waals surface area contributed by atoms with Crippen LogP contribution in [-0.2, 0) is 13.1 Å². The minimum atomic E-state index is -0.582. The standard InChI is InChI=1S/C24H22Cl2N6O4/c25-15-4-5-17(19(26)13-15)18-8-11-31(22(18)24(33)29-14-16-3-1-12-36-16)10-2-9-28-21-7-6-20(32(34)35)23(27)30-21/h1,3-8,11-13H,2,9-10,14H2,(H,29,33)(H3,27,28,30). The van der Waals surface area contributed by atoms with Gasteiger partial charge < -0.3 is 25.4 Å². The second-order valence-electron chi connectivity index (χ2n) is 7.80. The monoisotopic (exact) mass is 528 g/mol. The lowest BCUT2D eigenvalue weighted by Crippen LogP contribution is -2.26. The van der Waals surface area contributed by atoms with Crippen LogP contribution in [0.2, 0.25) is 10.0 Å². The number of nitro groups is 1. The van der Waals surface area contributed by atoms with Gasteiger partial charge in [0.1, 0.15) is 17.3 Å². The van der Waals surface area contributed by atoms with Gasteiger partial charge >= 0.3 is 5.69 Å². The zero-order chi connectivity index (χ0) is 25.7. The van der Waals surface area contributed by atoms with E-state index < -0.39 is 4.92 Å². The maximum atomic E-state index is 13.2. The number of carbonyl (C=O) groups excluding carboxylic acids is 1. The number of halogens is 2. The summed E-state index contributed by atoms with van der Waals surface area (Å²) in [7, 11) is 0. The number of anilines is 2. The molecule has 0 aliphatic carbocycles. The molecule has 0 saturated heterocycles. The van der Waals surface area contributed by atoms with Crippen molar-refractivity contribution in [1.82, 2.24) is 14.9 Å². The normalized spacial score (nSPS) is 10.8. The van der Waals surface area contributed by atoms with Crippen molar-refractivity contribution in [1.29, 1.82) is 0 Å². The first kappa shape index (κ1) is 25.1. The Morgan fingerprint density at radius 1 is 1.17 bits per heavy atom. The smallest absolute Gasteiger partial charge is 0.311 e. The number of rotatable bonds is 10. The molecule has 4 N–H and O–H groups in total. The fourth-order valence-corrected chi connectivity index (χ4v) is 4.20. The number of nitrogens with two attached hydrogens (primary N) is 1. The van der Waals surface area contributed by atoms with Gasteiger partial charge in [0.25, 0.3) is 5.91 Å². The van der Waals surface area contributed by atoms with E-state index in [0.29, 0.717) is 58.0 Å². The summed E-state index contributed by atoms with van der Waals surface area (Å²) in [5.41, 5.74) is 7.21. The van der Waals surface area contributed by atoms with Crippen molar-refractivity contribution in [2.75, 3.05) is 17.6 Å². The van der Waals surface area contributed by atoms with Crippen LogP contribution in [0.25, 0.3) is 11.1 Å². The van der Waals surface area contributed by atoms with Crippen LogP contribution in [-0.4, -0.2) is 26.9 Å². The Morgan fingerprint density at radius 3 is 2.69 bits per heavy atom. The van der Waals surface area contributed by atoms with Gasteiger partial charge in [-0.3, -0.25) is 14.9 Å². The number of nitrogen functional groups attached to an aromatic ring is 1.